The van der Waals surface area contributed by atoms with Gasteiger partial charge in [0.1, 0.15) is 11.5 Å². The average molecular weight is 342 g/mol. The topological polar surface area (TPSA) is 70.8 Å². The molecule has 1 aromatic heterocycles. The summed E-state index contributed by atoms with van der Waals surface area (Å²) in [4.78, 5) is 13.5. The van der Waals surface area contributed by atoms with E-state index in [1.165, 1.54) is 16.1 Å². The molecule has 2 heterocycles. The van der Waals surface area contributed by atoms with Gasteiger partial charge in [-0.15, -0.1) is 0 Å². The van der Waals surface area contributed by atoms with Crippen LogP contribution in [0.3, 0.4) is 0 Å². The number of nitrogens with zero attached hydrogens (tertiary/aromatic N) is 2. The summed E-state index contributed by atoms with van der Waals surface area (Å²) >= 11 is 0. The predicted octanol–water partition coefficient (Wildman–Crippen LogP) is 2.31. The molecule has 2 atom stereocenters. The molecular weight excluding hydrogens is 316 g/mol. The minimum Gasteiger partial charge on any atom is -0.465 e. The molecule has 0 aliphatic carbocycles. The maximum absolute atomic E-state index is 13.0. The summed E-state index contributed by atoms with van der Waals surface area (Å²) in [7, 11) is -0.588. The summed E-state index contributed by atoms with van der Waals surface area (Å²) in [6, 6.07) is 3.36. The van der Waals surface area contributed by atoms with Gasteiger partial charge in [0.25, 0.3) is 0 Å². The fourth-order valence-electron chi connectivity index (χ4n) is 3.00. The lowest BCUT2D eigenvalue weighted by molar-refractivity contribution is -0.128. The molecule has 23 heavy (non-hydrogen) atoms. The lowest BCUT2D eigenvalue weighted by atomic mass is 10.1. The highest BCUT2D eigenvalue weighted by molar-refractivity contribution is 7.90. The summed E-state index contributed by atoms with van der Waals surface area (Å²) in [5, 5.41) is -1.09. The third-order valence-corrected chi connectivity index (χ3v) is 6.54. The molecule has 0 unspecified atom stereocenters. The van der Waals surface area contributed by atoms with Crippen LogP contribution in [0.15, 0.2) is 16.5 Å². The van der Waals surface area contributed by atoms with E-state index < -0.39 is 21.2 Å². The van der Waals surface area contributed by atoms with Crippen molar-refractivity contribution in [3.8, 4) is 0 Å². The van der Waals surface area contributed by atoms with Crippen molar-refractivity contribution < 1.29 is 17.6 Å². The molecule has 6 nitrogen and oxygen atoms in total. The molecule has 1 aliphatic heterocycles. The van der Waals surface area contributed by atoms with Crippen molar-refractivity contribution in [1.82, 2.24) is 9.21 Å². The molecule has 1 aliphatic rings. The maximum Gasteiger partial charge on any atom is 0.241 e. The number of carbonyl (C=O) groups excluding carboxylic acids is 1. The number of amides is 1. The first-order valence-corrected chi connectivity index (χ1v) is 9.53. The van der Waals surface area contributed by atoms with E-state index in [1.807, 2.05) is 19.1 Å². The Morgan fingerprint density at radius 3 is 2.57 bits per heavy atom. The number of carbonyl (C=O) groups is 1. The molecule has 1 fully saturated rings. The van der Waals surface area contributed by atoms with E-state index in [0.717, 1.165) is 31.4 Å². The van der Waals surface area contributed by atoms with E-state index in [0.29, 0.717) is 12.3 Å². The first-order valence-electron chi connectivity index (χ1n) is 8.03. The molecule has 0 aromatic carbocycles. The predicted molar refractivity (Wildman–Crippen MR) is 88.4 cm³/mol. The quantitative estimate of drug-likeness (QED) is 0.842. The van der Waals surface area contributed by atoms with E-state index in [4.69, 9.17) is 4.42 Å². The first-order chi connectivity index (χ1) is 10.7. The van der Waals surface area contributed by atoms with E-state index in [1.54, 1.807) is 14.1 Å². The van der Waals surface area contributed by atoms with Crippen molar-refractivity contribution in [3.05, 3.63) is 23.7 Å². The van der Waals surface area contributed by atoms with Crippen LogP contribution >= 0.6 is 0 Å². The largest absolute Gasteiger partial charge is 0.465 e. The maximum atomic E-state index is 13.0. The molecule has 0 N–H and O–H groups in total. The smallest absolute Gasteiger partial charge is 0.241 e. The zero-order valence-corrected chi connectivity index (χ0v) is 15.1. The normalized spacial score (nSPS) is 21.7. The van der Waals surface area contributed by atoms with Gasteiger partial charge in [0.2, 0.25) is 15.9 Å². The molecule has 0 radical (unpaired) electrons. The number of sulfonamides is 1. The lowest BCUT2D eigenvalue weighted by Crippen LogP contribution is -2.46. The highest BCUT2D eigenvalue weighted by atomic mass is 32.2. The van der Waals surface area contributed by atoms with Gasteiger partial charge in [-0.05, 0) is 38.8 Å². The van der Waals surface area contributed by atoms with Crippen molar-refractivity contribution in [2.75, 3.05) is 20.6 Å². The van der Waals surface area contributed by atoms with E-state index >= 15 is 0 Å². The number of rotatable bonds is 4. The van der Waals surface area contributed by atoms with Gasteiger partial charge < -0.3 is 9.32 Å². The number of hydrogen-bond acceptors (Lipinski definition) is 4. The molecule has 1 saturated heterocycles. The molecular formula is C16H26N2O4S. The zero-order chi connectivity index (χ0) is 17.2. The summed E-state index contributed by atoms with van der Waals surface area (Å²) in [6.45, 7) is 3.74. The van der Waals surface area contributed by atoms with Crippen LogP contribution in [-0.2, 0) is 14.8 Å². The fraction of sp³-hybridized carbons (Fsp3) is 0.688. The second-order valence-electron chi connectivity index (χ2n) is 6.34. The molecule has 2 rings (SSSR count). The first kappa shape index (κ1) is 18.0. The third-order valence-electron chi connectivity index (χ3n) is 4.36. The molecule has 130 valence electrons. The molecule has 7 heteroatoms. The second kappa shape index (κ2) is 7.05. The van der Waals surface area contributed by atoms with Crippen LogP contribution < -0.4 is 0 Å². The summed E-state index contributed by atoms with van der Waals surface area (Å²) in [5.41, 5.74) is 0. The Bertz CT molecular complexity index is 651. The summed E-state index contributed by atoms with van der Waals surface area (Å²) in [5.74, 6) is 1.03. The molecule has 0 spiro atoms. The van der Waals surface area contributed by atoms with Gasteiger partial charge in [0.05, 0.1) is 6.04 Å². The minimum atomic E-state index is -3.74. The lowest BCUT2D eigenvalue weighted by Gasteiger charge is -2.30. The van der Waals surface area contributed by atoms with Gasteiger partial charge in [-0.2, -0.15) is 4.31 Å². The minimum absolute atomic E-state index is 0.325. The monoisotopic (exact) mass is 342 g/mol. The highest BCUT2D eigenvalue weighted by Crippen LogP contribution is 2.34. The van der Waals surface area contributed by atoms with Gasteiger partial charge in [-0.1, -0.05) is 12.8 Å². The van der Waals surface area contributed by atoms with Crippen LogP contribution in [0.25, 0.3) is 0 Å². The van der Waals surface area contributed by atoms with Crippen molar-refractivity contribution in [2.24, 2.45) is 0 Å². The molecule has 1 amide bonds. The molecule has 1 aromatic rings. The van der Waals surface area contributed by atoms with Crippen LogP contribution in [0, 0.1) is 6.92 Å². The average Bonchev–Trinajstić information content (AvgIpc) is 2.77. The van der Waals surface area contributed by atoms with Crippen LogP contribution in [0.4, 0.5) is 0 Å². The van der Waals surface area contributed by atoms with Crippen LogP contribution in [-0.4, -0.2) is 49.4 Å². The Balaban J connectivity index is 2.36. The Kier molecular flexibility index (Phi) is 5.52. The van der Waals surface area contributed by atoms with Gasteiger partial charge in [0, 0.05) is 20.6 Å². The molecule has 0 saturated carbocycles. The van der Waals surface area contributed by atoms with Crippen LogP contribution in [0.1, 0.15) is 50.2 Å². The van der Waals surface area contributed by atoms with Crippen molar-refractivity contribution in [1.29, 1.82) is 0 Å². The SMILES string of the molecule is Cc1ccc([C@H]2CCCCCN2S(=O)(=O)[C@H](C)C(=O)N(C)C)o1. The van der Waals surface area contributed by atoms with E-state index in [2.05, 4.69) is 0 Å². The van der Waals surface area contributed by atoms with Crippen molar-refractivity contribution in [3.63, 3.8) is 0 Å². The van der Waals surface area contributed by atoms with E-state index in [9.17, 15) is 13.2 Å². The number of hydrogen-bond donors (Lipinski definition) is 0. The van der Waals surface area contributed by atoms with Crippen molar-refractivity contribution >= 4 is 15.9 Å². The standard InChI is InChI=1S/C16H26N2O4S/c1-12-9-10-15(22-12)14-8-6-5-7-11-18(14)23(20,21)13(2)16(19)17(3)4/h9-10,13-14H,5-8,11H2,1-4H3/t13-,14-/m1/s1. The summed E-state index contributed by atoms with van der Waals surface area (Å²) in [6.07, 6.45) is 3.46. The Morgan fingerprint density at radius 2 is 2.00 bits per heavy atom. The number of aryl methyl sites for hydroxylation is 1. The Morgan fingerprint density at radius 1 is 1.30 bits per heavy atom. The number of furan rings is 1. The van der Waals surface area contributed by atoms with Gasteiger partial charge in [-0.25, -0.2) is 8.42 Å². The highest BCUT2D eigenvalue weighted by Gasteiger charge is 2.40. The fourth-order valence-corrected chi connectivity index (χ4v) is 4.82. The second-order valence-corrected chi connectivity index (χ2v) is 8.55. The zero-order valence-electron chi connectivity index (χ0n) is 14.3. The summed E-state index contributed by atoms with van der Waals surface area (Å²) < 4.78 is 33.2. The van der Waals surface area contributed by atoms with Crippen LogP contribution in [0.2, 0.25) is 0 Å². The third kappa shape index (κ3) is 3.77. The van der Waals surface area contributed by atoms with Crippen LogP contribution in [0.5, 0.6) is 0 Å². The Labute approximate surface area is 138 Å². The van der Waals surface area contributed by atoms with Gasteiger partial charge in [-0.3, -0.25) is 4.79 Å². The van der Waals surface area contributed by atoms with Gasteiger partial charge >= 0.3 is 0 Å². The molecule has 0 bridgehead atoms. The Hall–Kier alpha value is -1.34. The van der Waals surface area contributed by atoms with Crippen molar-refractivity contribution in [2.45, 2.75) is 50.8 Å². The van der Waals surface area contributed by atoms with E-state index in [-0.39, 0.29) is 6.04 Å². The van der Waals surface area contributed by atoms with Gasteiger partial charge in [0.15, 0.2) is 5.25 Å².